The van der Waals surface area contributed by atoms with Crippen molar-refractivity contribution in [2.24, 2.45) is 5.92 Å². The highest BCUT2D eigenvalue weighted by molar-refractivity contribution is 6.06. The van der Waals surface area contributed by atoms with Gasteiger partial charge in [0.1, 0.15) is 0 Å². The van der Waals surface area contributed by atoms with Crippen LogP contribution in [0, 0.1) is 5.92 Å². The predicted molar refractivity (Wildman–Crippen MR) is 99.5 cm³/mol. The van der Waals surface area contributed by atoms with Crippen LogP contribution in [0.4, 0.5) is 11.4 Å². The summed E-state index contributed by atoms with van der Waals surface area (Å²) in [7, 11) is 0. The number of anilines is 2. The fourth-order valence-electron chi connectivity index (χ4n) is 3.24. The second-order valence-electron chi connectivity index (χ2n) is 6.87. The molecule has 2 aromatic rings. The SMILES string of the molecule is O=C(Nc1ccc(C(=O)C2CC2)cc1)c1cccc(N2CCCC2=O)c1. The van der Waals surface area contributed by atoms with Crippen molar-refractivity contribution >= 4 is 29.0 Å². The van der Waals surface area contributed by atoms with E-state index in [2.05, 4.69) is 5.32 Å². The molecule has 0 aromatic heterocycles. The van der Waals surface area contributed by atoms with Crippen LogP contribution in [0.2, 0.25) is 0 Å². The normalized spacial score (nSPS) is 16.6. The molecular weight excluding hydrogens is 328 g/mol. The molecule has 0 atom stereocenters. The van der Waals surface area contributed by atoms with Crippen molar-refractivity contribution in [1.29, 1.82) is 0 Å². The molecule has 1 saturated carbocycles. The fraction of sp³-hybridized carbons (Fsp3) is 0.286. The molecule has 2 amide bonds. The average molecular weight is 348 g/mol. The quantitative estimate of drug-likeness (QED) is 0.839. The Labute approximate surface area is 152 Å². The van der Waals surface area contributed by atoms with Gasteiger partial charge in [-0.25, -0.2) is 0 Å². The first-order chi connectivity index (χ1) is 12.6. The van der Waals surface area contributed by atoms with Crippen LogP contribution >= 0.6 is 0 Å². The highest BCUT2D eigenvalue weighted by Crippen LogP contribution is 2.32. The van der Waals surface area contributed by atoms with Crippen LogP contribution in [0.15, 0.2) is 48.5 Å². The highest BCUT2D eigenvalue weighted by Gasteiger charge is 2.30. The number of ketones is 1. The molecule has 4 rings (SSSR count). The fourth-order valence-corrected chi connectivity index (χ4v) is 3.24. The van der Waals surface area contributed by atoms with Gasteiger partial charge in [-0.3, -0.25) is 14.4 Å². The highest BCUT2D eigenvalue weighted by atomic mass is 16.2. The van der Waals surface area contributed by atoms with E-state index in [1.165, 1.54) is 0 Å². The van der Waals surface area contributed by atoms with Crippen LogP contribution in [0.5, 0.6) is 0 Å². The summed E-state index contributed by atoms with van der Waals surface area (Å²) in [5.41, 5.74) is 2.59. The van der Waals surface area contributed by atoms with Gasteiger partial charge in [0.25, 0.3) is 5.91 Å². The number of nitrogens with zero attached hydrogens (tertiary/aromatic N) is 1. The monoisotopic (exact) mass is 348 g/mol. The van der Waals surface area contributed by atoms with Gasteiger partial charge in [-0.05, 0) is 61.7 Å². The second-order valence-corrected chi connectivity index (χ2v) is 6.87. The maximum absolute atomic E-state index is 12.5. The molecule has 0 radical (unpaired) electrons. The minimum absolute atomic E-state index is 0.0958. The zero-order valence-electron chi connectivity index (χ0n) is 14.4. The van der Waals surface area contributed by atoms with E-state index < -0.39 is 0 Å². The van der Waals surface area contributed by atoms with E-state index in [0.717, 1.165) is 24.9 Å². The van der Waals surface area contributed by atoms with Crippen molar-refractivity contribution in [3.05, 3.63) is 59.7 Å². The molecule has 1 heterocycles. The molecule has 132 valence electrons. The van der Waals surface area contributed by atoms with Gasteiger partial charge in [0.15, 0.2) is 5.78 Å². The van der Waals surface area contributed by atoms with Crippen molar-refractivity contribution in [3.8, 4) is 0 Å². The molecule has 5 heteroatoms. The third kappa shape index (κ3) is 3.38. The number of rotatable bonds is 5. The number of benzene rings is 2. The molecular formula is C21H20N2O3. The Morgan fingerprint density at radius 1 is 1.00 bits per heavy atom. The number of carbonyl (C=O) groups is 3. The van der Waals surface area contributed by atoms with Crippen LogP contribution < -0.4 is 10.2 Å². The molecule has 1 saturated heterocycles. The van der Waals surface area contributed by atoms with Crippen LogP contribution in [0.3, 0.4) is 0 Å². The molecule has 1 N–H and O–H groups in total. The van der Waals surface area contributed by atoms with Gasteiger partial charge >= 0.3 is 0 Å². The summed E-state index contributed by atoms with van der Waals surface area (Å²) in [6.07, 6.45) is 3.36. The van der Waals surface area contributed by atoms with Gasteiger partial charge in [0.05, 0.1) is 0 Å². The molecule has 0 spiro atoms. The number of hydrogen-bond acceptors (Lipinski definition) is 3. The average Bonchev–Trinajstić information content (AvgIpc) is 3.43. The molecule has 1 aliphatic heterocycles. The Hall–Kier alpha value is -2.95. The van der Waals surface area contributed by atoms with Crippen molar-refractivity contribution in [1.82, 2.24) is 0 Å². The summed E-state index contributed by atoms with van der Waals surface area (Å²) in [4.78, 5) is 38.2. The number of Topliss-reactive ketones (excluding diaryl/α,β-unsaturated/α-hetero) is 1. The predicted octanol–water partition coefficient (Wildman–Crippen LogP) is 3.66. The third-order valence-electron chi connectivity index (χ3n) is 4.87. The minimum Gasteiger partial charge on any atom is -0.322 e. The Morgan fingerprint density at radius 2 is 1.77 bits per heavy atom. The third-order valence-corrected chi connectivity index (χ3v) is 4.87. The van der Waals surface area contributed by atoms with Crippen molar-refractivity contribution in [3.63, 3.8) is 0 Å². The molecule has 26 heavy (non-hydrogen) atoms. The van der Waals surface area contributed by atoms with Gasteiger partial charge in [-0.15, -0.1) is 0 Å². The van der Waals surface area contributed by atoms with Crippen molar-refractivity contribution in [2.45, 2.75) is 25.7 Å². The maximum Gasteiger partial charge on any atom is 0.255 e. The van der Waals surface area contributed by atoms with Gasteiger partial charge in [0.2, 0.25) is 5.91 Å². The number of carbonyl (C=O) groups excluding carboxylic acids is 3. The summed E-state index contributed by atoms with van der Waals surface area (Å²) in [5.74, 6) is 0.232. The number of hydrogen-bond donors (Lipinski definition) is 1. The van der Waals surface area contributed by atoms with Gasteiger partial charge < -0.3 is 10.2 Å². The van der Waals surface area contributed by atoms with E-state index in [-0.39, 0.29) is 23.5 Å². The first kappa shape index (κ1) is 16.5. The van der Waals surface area contributed by atoms with Crippen molar-refractivity contribution in [2.75, 3.05) is 16.8 Å². The Morgan fingerprint density at radius 3 is 2.42 bits per heavy atom. The van der Waals surface area contributed by atoms with E-state index in [1.54, 1.807) is 47.4 Å². The lowest BCUT2D eigenvalue weighted by atomic mass is 10.1. The summed E-state index contributed by atoms with van der Waals surface area (Å²) in [5, 5.41) is 2.84. The summed E-state index contributed by atoms with van der Waals surface area (Å²) >= 11 is 0. The zero-order chi connectivity index (χ0) is 18.1. The second kappa shape index (κ2) is 6.75. The van der Waals surface area contributed by atoms with E-state index >= 15 is 0 Å². The largest absolute Gasteiger partial charge is 0.322 e. The lowest BCUT2D eigenvalue weighted by molar-refractivity contribution is -0.117. The van der Waals surface area contributed by atoms with Crippen molar-refractivity contribution < 1.29 is 14.4 Å². The first-order valence-electron chi connectivity index (χ1n) is 8.98. The van der Waals surface area contributed by atoms with Crippen LogP contribution in [-0.4, -0.2) is 24.1 Å². The van der Waals surface area contributed by atoms with E-state index in [9.17, 15) is 14.4 Å². The first-order valence-corrected chi connectivity index (χ1v) is 8.98. The zero-order valence-corrected chi connectivity index (χ0v) is 14.4. The maximum atomic E-state index is 12.5. The molecule has 0 unspecified atom stereocenters. The topological polar surface area (TPSA) is 66.5 Å². The lowest BCUT2D eigenvalue weighted by Gasteiger charge is -2.16. The minimum atomic E-state index is -0.236. The van der Waals surface area contributed by atoms with E-state index in [4.69, 9.17) is 0 Å². The molecule has 2 fully saturated rings. The van der Waals surface area contributed by atoms with Crippen LogP contribution in [0.1, 0.15) is 46.4 Å². The van der Waals surface area contributed by atoms with Gasteiger partial charge in [-0.2, -0.15) is 0 Å². The summed E-state index contributed by atoms with van der Waals surface area (Å²) in [6.45, 7) is 0.695. The standard InChI is InChI=1S/C21H20N2O3/c24-19-5-2-12-23(19)18-4-1-3-16(13-18)21(26)22-17-10-8-15(9-11-17)20(25)14-6-7-14/h1,3-4,8-11,13-14H,2,5-7,12H2,(H,22,26). The summed E-state index contributed by atoms with van der Waals surface area (Å²) < 4.78 is 0. The lowest BCUT2D eigenvalue weighted by Crippen LogP contribution is -2.24. The van der Waals surface area contributed by atoms with Crippen LogP contribution in [-0.2, 0) is 4.79 Å². The number of amides is 2. The molecule has 0 bridgehead atoms. The Balaban J connectivity index is 1.46. The molecule has 5 nitrogen and oxygen atoms in total. The smallest absolute Gasteiger partial charge is 0.255 e. The molecule has 2 aromatic carbocycles. The summed E-state index contributed by atoms with van der Waals surface area (Å²) in [6, 6.07) is 14.1. The van der Waals surface area contributed by atoms with Gasteiger partial charge in [0, 0.05) is 41.4 Å². The van der Waals surface area contributed by atoms with E-state index in [1.807, 2.05) is 6.07 Å². The van der Waals surface area contributed by atoms with E-state index in [0.29, 0.717) is 29.8 Å². The Kier molecular flexibility index (Phi) is 4.29. The molecule has 2 aliphatic rings. The van der Waals surface area contributed by atoms with Gasteiger partial charge in [-0.1, -0.05) is 6.07 Å². The Bertz CT molecular complexity index is 869. The molecule has 1 aliphatic carbocycles. The number of nitrogens with one attached hydrogen (secondary N) is 1. The van der Waals surface area contributed by atoms with Crippen LogP contribution in [0.25, 0.3) is 0 Å².